The number of halogens is 1. The highest BCUT2D eigenvalue weighted by molar-refractivity contribution is 14.1. The maximum Gasteiger partial charge on any atom is 0.338 e. The number of rotatable bonds is 8. The molecule has 2 aromatic carbocycles. The summed E-state index contributed by atoms with van der Waals surface area (Å²) in [6.45, 7) is 0.102. The molecule has 8 nitrogen and oxygen atoms in total. The lowest BCUT2D eigenvalue weighted by Crippen LogP contribution is -2.15. The van der Waals surface area contributed by atoms with E-state index >= 15 is 0 Å². The highest BCUT2D eigenvalue weighted by Crippen LogP contribution is 2.26. The van der Waals surface area contributed by atoms with Crippen molar-refractivity contribution in [2.45, 2.75) is 12.5 Å². The minimum atomic E-state index is -0.554. The average molecular weight is 493 g/mol. The zero-order valence-corrected chi connectivity index (χ0v) is 16.7. The first-order chi connectivity index (χ1) is 13.5. The number of non-ortho nitro benzene ring substituents is 1. The summed E-state index contributed by atoms with van der Waals surface area (Å²) in [6, 6.07) is 13.0. The highest BCUT2D eigenvalue weighted by Gasteiger charge is 2.19. The molecule has 28 heavy (non-hydrogen) atoms. The molecule has 0 aliphatic carbocycles. The zero-order valence-electron chi connectivity index (χ0n) is 14.6. The number of nitrogens with one attached hydrogen (secondary N) is 1. The summed E-state index contributed by atoms with van der Waals surface area (Å²) in [7, 11) is 0. The van der Waals surface area contributed by atoms with Crippen LogP contribution in [0.5, 0.6) is 5.75 Å². The van der Waals surface area contributed by atoms with Crippen LogP contribution in [0.15, 0.2) is 60.9 Å². The molecule has 0 amide bonds. The summed E-state index contributed by atoms with van der Waals surface area (Å²) in [6.07, 6.45) is 3.00. The van der Waals surface area contributed by atoms with Crippen LogP contribution in [0, 0.1) is 13.7 Å². The van der Waals surface area contributed by atoms with Crippen LogP contribution in [0.25, 0.3) is 0 Å². The summed E-state index contributed by atoms with van der Waals surface area (Å²) >= 11 is 2.16. The molecule has 1 unspecified atom stereocenters. The third-order valence-electron chi connectivity index (χ3n) is 3.82. The first-order valence-electron chi connectivity index (χ1n) is 8.36. The molecule has 0 aliphatic heterocycles. The van der Waals surface area contributed by atoms with E-state index < -0.39 is 17.0 Å². The van der Waals surface area contributed by atoms with Crippen molar-refractivity contribution in [2.24, 2.45) is 0 Å². The number of esters is 1. The lowest BCUT2D eigenvalue weighted by molar-refractivity contribution is -0.385. The number of hydrogen-bond acceptors (Lipinski definition) is 6. The van der Waals surface area contributed by atoms with Crippen LogP contribution in [0.1, 0.15) is 28.7 Å². The van der Waals surface area contributed by atoms with E-state index in [0.29, 0.717) is 23.6 Å². The number of nitrogens with zero attached hydrogens (tertiary/aromatic N) is 2. The van der Waals surface area contributed by atoms with Crippen LogP contribution in [0.3, 0.4) is 0 Å². The number of carbonyl (C=O) groups excluding carboxylic acids is 1. The smallest absolute Gasteiger partial charge is 0.338 e. The van der Waals surface area contributed by atoms with Gasteiger partial charge in [-0.2, -0.15) is 0 Å². The number of carbonyl (C=O) groups is 1. The van der Waals surface area contributed by atoms with Crippen LogP contribution in [-0.2, 0) is 4.74 Å². The van der Waals surface area contributed by atoms with Gasteiger partial charge in [-0.05, 0) is 52.9 Å². The Morgan fingerprint density at radius 2 is 2.04 bits per heavy atom. The molecule has 0 aliphatic rings. The molecule has 0 bridgehead atoms. The third-order valence-corrected chi connectivity index (χ3v) is 4.54. The second-order valence-electron chi connectivity index (χ2n) is 5.77. The molecule has 1 aromatic heterocycles. The van der Waals surface area contributed by atoms with Gasteiger partial charge in [0.15, 0.2) is 6.10 Å². The number of aromatic amines is 1. The van der Waals surface area contributed by atoms with Crippen LogP contribution < -0.4 is 4.74 Å². The third kappa shape index (κ3) is 5.28. The van der Waals surface area contributed by atoms with Gasteiger partial charge in [0, 0.05) is 28.5 Å². The number of H-pyrrole nitrogens is 1. The van der Waals surface area contributed by atoms with Gasteiger partial charge in [0.2, 0.25) is 0 Å². The van der Waals surface area contributed by atoms with E-state index in [9.17, 15) is 14.9 Å². The second kappa shape index (κ2) is 9.31. The Labute approximate surface area is 174 Å². The number of ether oxygens (including phenoxy) is 2. The monoisotopic (exact) mass is 493 g/mol. The van der Waals surface area contributed by atoms with E-state index in [4.69, 9.17) is 9.47 Å². The Morgan fingerprint density at radius 1 is 1.25 bits per heavy atom. The molecule has 3 rings (SSSR count). The molecule has 9 heteroatoms. The predicted molar refractivity (Wildman–Crippen MR) is 109 cm³/mol. The lowest BCUT2D eigenvalue weighted by atomic mass is 10.2. The van der Waals surface area contributed by atoms with E-state index in [2.05, 4.69) is 32.6 Å². The molecular formula is C19H16IN3O5. The quantitative estimate of drug-likeness (QED) is 0.217. The van der Waals surface area contributed by atoms with Crippen molar-refractivity contribution in [1.82, 2.24) is 9.97 Å². The number of imidazole rings is 1. The van der Waals surface area contributed by atoms with Gasteiger partial charge in [0.05, 0.1) is 23.2 Å². The average Bonchev–Trinajstić information content (AvgIpc) is 3.22. The summed E-state index contributed by atoms with van der Waals surface area (Å²) in [5, 5.41) is 10.9. The topological polar surface area (TPSA) is 107 Å². The fourth-order valence-corrected chi connectivity index (χ4v) is 2.83. The number of benzene rings is 2. The molecule has 0 saturated heterocycles. The number of nitro benzene ring substituents is 1. The van der Waals surface area contributed by atoms with E-state index in [1.54, 1.807) is 36.7 Å². The van der Waals surface area contributed by atoms with Gasteiger partial charge >= 0.3 is 5.97 Å². The van der Waals surface area contributed by atoms with E-state index in [1.165, 1.54) is 12.1 Å². The summed E-state index contributed by atoms with van der Waals surface area (Å²) < 4.78 is 12.2. The number of aromatic nitrogens is 2. The minimum absolute atomic E-state index is 0.0687. The maximum atomic E-state index is 12.1. The van der Waals surface area contributed by atoms with E-state index in [0.717, 1.165) is 3.57 Å². The van der Waals surface area contributed by atoms with Crippen LogP contribution in [0.4, 0.5) is 5.69 Å². The maximum absolute atomic E-state index is 12.1. The Balaban J connectivity index is 1.64. The van der Waals surface area contributed by atoms with Gasteiger partial charge in [-0.1, -0.05) is 6.07 Å². The summed E-state index contributed by atoms with van der Waals surface area (Å²) in [5.74, 6) is 0.446. The van der Waals surface area contributed by atoms with Crippen LogP contribution in [-0.4, -0.2) is 27.5 Å². The second-order valence-corrected chi connectivity index (χ2v) is 7.01. The Bertz CT molecular complexity index is 944. The molecule has 0 spiro atoms. The molecule has 0 saturated carbocycles. The normalized spacial score (nSPS) is 11.6. The molecular weight excluding hydrogens is 477 g/mol. The minimum Gasteiger partial charge on any atom is -0.482 e. The van der Waals surface area contributed by atoms with Crippen molar-refractivity contribution in [2.75, 3.05) is 6.61 Å². The fourth-order valence-electron chi connectivity index (χ4n) is 2.47. The van der Waals surface area contributed by atoms with Gasteiger partial charge in [0.25, 0.3) is 5.69 Å². The first-order valence-corrected chi connectivity index (χ1v) is 9.44. The Morgan fingerprint density at radius 3 is 2.71 bits per heavy atom. The van der Waals surface area contributed by atoms with Crippen molar-refractivity contribution in [3.63, 3.8) is 0 Å². The molecule has 1 heterocycles. The molecule has 3 aromatic rings. The molecule has 1 N–H and O–H groups in total. The SMILES string of the molecule is O=C(OCCC(Oc1cccc([N+](=O)[O-])c1)c1ncc[nH]1)c1ccc(I)cc1. The Kier molecular flexibility index (Phi) is 6.58. The van der Waals surface area contributed by atoms with Crippen molar-refractivity contribution in [1.29, 1.82) is 0 Å². The molecule has 0 radical (unpaired) electrons. The lowest BCUT2D eigenvalue weighted by Gasteiger charge is -2.17. The number of nitro groups is 1. The standard InChI is InChI=1S/C19H16IN3O5/c20-14-6-4-13(5-7-14)19(24)27-11-8-17(18-21-9-10-22-18)28-16-3-1-2-15(12-16)23(25)26/h1-7,9-10,12,17H,8,11H2,(H,21,22). The van der Waals surface area contributed by atoms with Gasteiger partial charge in [-0.3, -0.25) is 10.1 Å². The molecule has 144 valence electrons. The molecule has 1 atom stereocenters. The van der Waals surface area contributed by atoms with Crippen LogP contribution >= 0.6 is 22.6 Å². The first kappa shape index (κ1) is 19.8. The van der Waals surface area contributed by atoms with Crippen molar-refractivity contribution in [3.8, 4) is 5.75 Å². The van der Waals surface area contributed by atoms with Gasteiger partial charge in [0.1, 0.15) is 11.6 Å². The van der Waals surface area contributed by atoms with E-state index in [1.807, 2.05) is 12.1 Å². The van der Waals surface area contributed by atoms with E-state index in [-0.39, 0.29) is 12.3 Å². The van der Waals surface area contributed by atoms with Crippen molar-refractivity contribution >= 4 is 34.2 Å². The largest absolute Gasteiger partial charge is 0.482 e. The summed E-state index contributed by atoms with van der Waals surface area (Å²) in [4.78, 5) is 29.7. The van der Waals surface area contributed by atoms with Crippen LogP contribution in [0.2, 0.25) is 0 Å². The zero-order chi connectivity index (χ0) is 19.9. The molecule has 0 fully saturated rings. The van der Waals surface area contributed by atoms with Gasteiger partial charge in [-0.15, -0.1) is 0 Å². The van der Waals surface area contributed by atoms with Crippen molar-refractivity contribution in [3.05, 3.63) is 86.0 Å². The summed E-state index contributed by atoms with van der Waals surface area (Å²) in [5.41, 5.74) is 0.399. The van der Waals surface area contributed by atoms with Gasteiger partial charge in [-0.25, -0.2) is 9.78 Å². The number of hydrogen-bond donors (Lipinski definition) is 1. The van der Waals surface area contributed by atoms with Gasteiger partial charge < -0.3 is 14.5 Å². The Hall–Kier alpha value is -2.95. The highest BCUT2D eigenvalue weighted by atomic mass is 127. The fraction of sp³-hybridized carbons (Fsp3) is 0.158. The van der Waals surface area contributed by atoms with Crippen molar-refractivity contribution < 1.29 is 19.2 Å². The predicted octanol–water partition coefficient (Wildman–Crippen LogP) is 4.29.